The normalized spacial score (nSPS) is 10.4. The molecule has 4 nitrogen and oxygen atoms in total. The molecule has 0 fully saturated rings. The number of carbonyl (C=O) groups excluding carboxylic acids is 2. The molecule has 0 spiro atoms. The zero-order valence-corrected chi connectivity index (χ0v) is 10.9. The quantitative estimate of drug-likeness (QED) is 0.479. The van der Waals surface area contributed by atoms with Crippen molar-refractivity contribution in [3.63, 3.8) is 0 Å². The molecule has 1 aromatic rings. The van der Waals surface area contributed by atoms with Crippen LogP contribution in [0.1, 0.15) is 19.4 Å². The lowest BCUT2D eigenvalue weighted by Gasteiger charge is -2.04. The highest BCUT2D eigenvalue weighted by molar-refractivity contribution is 6.32. The second-order valence-corrected chi connectivity index (χ2v) is 3.78. The van der Waals surface area contributed by atoms with E-state index in [2.05, 4.69) is 0 Å². The third-order valence-corrected chi connectivity index (χ3v) is 2.20. The molecule has 0 saturated carbocycles. The second kappa shape index (κ2) is 6.81. The van der Waals surface area contributed by atoms with Crippen LogP contribution in [-0.2, 0) is 14.3 Å². The predicted molar refractivity (Wildman–Crippen MR) is 68.4 cm³/mol. The lowest BCUT2D eigenvalue weighted by molar-refractivity contribution is -0.137. The lowest BCUT2D eigenvalue weighted by Crippen LogP contribution is -2.01. The molecule has 18 heavy (non-hydrogen) atoms. The van der Waals surface area contributed by atoms with E-state index < -0.39 is 11.9 Å². The minimum atomic E-state index is -0.438. The topological polar surface area (TPSA) is 52.6 Å². The predicted octanol–water partition coefficient (Wildman–Crippen LogP) is 2.84. The van der Waals surface area contributed by atoms with Crippen LogP contribution in [0.25, 0.3) is 6.08 Å². The lowest BCUT2D eigenvalue weighted by atomic mass is 10.2. The average molecular weight is 269 g/mol. The maximum atomic E-state index is 11.1. The van der Waals surface area contributed by atoms with E-state index in [-0.39, 0.29) is 5.75 Å². The van der Waals surface area contributed by atoms with Crippen molar-refractivity contribution in [1.29, 1.82) is 0 Å². The van der Waals surface area contributed by atoms with Crippen molar-refractivity contribution >= 4 is 29.6 Å². The van der Waals surface area contributed by atoms with Gasteiger partial charge in [-0.2, -0.15) is 0 Å². The molecular formula is C13H13ClO4. The zero-order chi connectivity index (χ0) is 13.5. The van der Waals surface area contributed by atoms with Crippen LogP contribution in [0.3, 0.4) is 0 Å². The van der Waals surface area contributed by atoms with Crippen LogP contribution in [0.15, 0.2) is 24.3 Å². The van der Waals surface area contributed by atoms with Crippen molar-refractivity contribution in [3.8, 4) is 5.75 Å². The Bertz CT molecular complexity index is 480. The first-order valence-electron chi connectivity index (χ1n) is 5.35. The highest BCUT2D eigenvalue weighted by Crippen LogP contribution is 2.26. The van der Waals surface area contributed by atoms with Gasteiger partial charge in [0.2, 0.25) is 0 Å². The van der Waals surface area contributed by atoms with E-state index in [1.54, 1.807) is 31.2 Å². The molecule has 0 unspecified atom stereocenters. The largest absolute Gasteiger partial charge is 0.463 e. The molecule has 0 atom stereocenters. The van der Waals surface area contributed by atoms with Crippen molar-refractivity contribution < 1.29 is 19.1 Å². The Hall–Kier alpha value is -1.81. The summed E-state index contributed by atoms with van der Waals surface area (Å²) in [6, 6.07) is 4.84. The summed E-state index contributed by atoms with van der Waals surface area (Å²) in [5, 5.41) is 0.302. The highest BCUT2D eigenvalue weighted by Gasteiger charge is 2.04. The Morgan fingerprint density at radius 1 is 1.39 bits per heavy atom. The number of benzene rings is 1. The first-order chi connectivity index (χ1) is 8.52. The van der Waals surface area contributed by atoms with Gasteiger partial charge < -0.3 is 9.47 Å². The summed E-state index contributed by atoms with van der Waals surface area (Å²) in [5.74, 6) is -0.568. The fraction of sp³-hybridized carbons (Fsp3) is 0.231. The molecule has 1 rings (SSSR count). The van der Waals surface area contributed by atoms with Gasteiger partial charge in [0, 0.05) is 13.0 Å². The van der Waals surface area contributed by atoms with Gasteiger partial charge in [-0.25, -0.2) is 4.79 Å². The summed E-state index contributed by atoms with van der Waals surface area (Å²) in [7, 11) is 0. The second-order valence-electron chi connectivity index (χ2n) is 3.37. The Morgan fingerprint density at radius 3 is 2.67 bits per heavy atom. The molecule has 5 heteroatoms. The Morgan fingerprint density at radius 2 is 2.11 bits per heavy atom. The molecule has 0 radical (unpaired) electrons. The van der Waals surface area contributed by atoms with Crippen LogP contribution in [0.5, 0.6) is 5.75 Å². The number of ether oxygens (including phenoxy) is 2. The van der Waals surface area contributed by atoms with Crippen molar-refractivity contribution in [2.75, 3.05) is 6.61 Å². The van der Waals surface area contributed by atoms with Gasteiger partial charge >= 0.3 is 11.9 Å². The molecule has 0 aromatic heterocycles. The molecule has 1 aromatic carbocycles. The van der Waals surface area contributed by atoms with Crippen LogP contribution < -0.4 is 4.74 Å². The summed E-state index contributed by atoms with van der Waals surface area (Å²) in [5.41, 5.74) is 0.712. The minimum Gasteiger partial charge on any atom is -0.463 e. The maximum absolute atomic E-state index is 11.1. The van der Waals surface area contributed by atoms with E-state index in [1.165, 1.54) is 13.0 Å². The van der Waals surface area contributed by atoms with Crippen molar-refractivity contribution in [3.05, 3.63) is 34.9 Å². The Balaban J connectivity index is 2.78. The summed E-state index contributed by atoms with van der Waals surface area (Å²) in [6.07, 6.45) is 2.88. The zero-order valence-electron chi connectivity index (χ0n) is 10.1. The molecule has 0 bridgehead atoms. The van der Waals surface area contributed by atoms with E-state index in [0.717, 1.165) is 0 Å². The summed E-state index contributed by atoms with van der Waals surface area (Å²) < 4.78 is 9.62. The highest BCUT2D eigenvalue weighted by atomic mass is 35.5. The first kappa shape index (κ1) is 14.3. The molecule has 0 aliphatic heterocycles. The molecule has 0 saturated heterocycles. The molecule has 0 aliphatic carbocycles. The summed E-state index contributed by atoms with van der Waals surface area (Å²) in [4.78, 5) is 21.9. The van der Waals surface area contributed by atoms with Gasteiger partial charge in [-0.15, -0.1) is 0 Å². The van der Waals surface area contributed by atoms with Gasteiger partial charge in [-0.3, -0.25) is 4.79 Å². The number of rotatable bonds is 4. The molecule has 96 valence electrons. The average Bonchev–Trinajstić information content (AvgIpc) is 2.29. The molecule has 0 heterocycles. The third-order valence-electron chi connectivity index (χ3n) is 1.91. The minimum absolute atomic E-state index is 0.289. The van der Waals surface area contributed by atoms with Gasteiger partial charge in [-0.1, -0.05) is 17.7 Å². The molecule has 0 amide bonds. The van der Waals surface area contributed by atoms with Crippen LogP contribution in [0.2, 0.25) is 5.02 Å². The number of hydrogen-bond donors (Lipinski definition) is 0. The van der Waals surface area contributed by atoms with Gasteiger partial charge in [0.15, 0.2) is 0 Å². The van der Waals surface area contributed by atoms with Crippen molar-refractivity contribution in [2.45, 2.75) is 13.8 Å². The molecular weight excluding hydrogens is 256 g/mol. The van der Waals surface area contributed by atoms with Crippen LogP contribution in [0, 0.1) is 0 Å². The van der Waals surface area contributed by atoms with Gasteiger partial charge in [0.25, 0.3) is 0 Å². The van der Waals surface area contributed by atoms with Gasteiger partial charge in [-0.05, 0) is 30.7 Å². The van der Waals surface area contributed by atoms with Crippen molar-refractivity contribution in [2.24, 2.45) is 0 Å². The van der Waals surface area contributed by atoms with Crippen LogP contribution in [-0.4, -0.2) is 18.5 Å². The number of carbonyl (C=O) groups is 2. The monoisotopic (exact) mass is 268 g/mol. The first-order valence-corrected chi connectivity index (χ1v) is 5.73. The fourth-order valence-corrected chi connectivity index (χ4v) is 1.44. The number of esters is 2. The van der Waals surface area contributed by atoms with E-state index in [0.29, 0.717) is 17.2 Å². The third kappa shape index (κ3) is 4.59. The summed E-state index contributed by atoms with van der Waals surface area (Å²) in [6.45, 7) is 3.36. The molecule has 0 aliphatic rings. The van der Waals surface area contributed by atoms with Crippen LogP contribution in [0.4, 0.5) is 0 Å². The maximum Gasteiger partial charge on any atom is 0.330 e. The summed E-state index contributed by atoms with van der Waals surface area (Å²) >= 11 is 5.92. The van der Waals surface area contributed by atoms with E-state index in [4.69, 9.17) is 21.1 Å². The Kier molecular flexibility index (Phi) is 5.39. The standard InChI is InChI=1S/C13H13ClO4/c1-3-17-13(16)7-5-10-4-6-12(11(14)8-10)18-9(2)15/h4-8H,3H2,1-2H3. The van der Waals surface area contributed by atoms with E-state index in [1.807, 2.05) is 0 Å². The van der Waals surface area contributed by atoms with Gasteiger partial charge in [0.1, 0.15) is 5.75 Å². The number of halogens is 1. The van der Waals surface area contributed by atoms with Crippen LogP contribution >= 0.6 is 11.6 Å². The van der Waals surface area contributed by atoms with E-state index in [9.17, 15) is 9.59 Å². The number of hydrogen-bond acceptors (Lipinski definition) is 4. The smallest absolute Gasteiger partial charge is 0.330 e. The Labute approximate surface area is 110 Å². The molecule has 0 N–H and O–H groups in total. The SMILES string of the molecule is CCOC(=O)C=Cc1ccc(OC(C)=O)c(Cl)c1. The van der Waals surface area contributed by atoms with Gasteiger partial charge in [0.05, 0.1) is 11.6 Å². The van der Waals surface area contributed by atoms with E-state index >= 15 is 0 Å². The fourth-order valence-electron chi connectivity index (χ4n) is 1.21. The van der Waals surface area contributed by atoms with Crippen molar-refractivity contribution in [1.82, 2.24) is 0 Å².